The number of ether oxygens (including phenoxy) is 1. The maximum atomic E-state index is 14.2. The minimum Gasteiger partial charge on any atom is -0.460 e. The lowest BCUT2D eigenvalue weighted by Crippen LogP contribution is -2.19. The van der Waals surface area contributed by atoms with E-state index in [-0.39, 0.29) is 29.2 Å². The summed E-state index contributed by atoms with van der Waals surface area (Å²) in [5.41, 5.74) is 0.651. The van der Waals surface area contributed by atoms with Gasteiger partial charge in [0, 0.05) is 24.0 Å². The molecule has 0 bridgehead atoms. The number of rotatable bonds is 7. The molecular weight excluding hydrogens is 468 g/mol. The van der Waals surface area contributed by atoms with E-state index in [1.54, 1.807) is 18.7 Å². The van der Waals surface area contributed by atoms with E-state index in [4.69, 9.17) is 9.88 Å². The molecule has 10 nitrogen and oxygen atoms in total. The van der Waals surface area contributed by atoms with Crippen LogP contribution in [0.25, 0.3) is 0 Å². The molecule has 0 amide bonds. The molecule has 2 saturated carbocycles. The molecule has 2 aliphatic rings. The number of hydrogen-bond donors (Lipinski definition) is 2. The molecule has 2 aliphatic carbocycles. The summed E-state index contributed by atoms with van der Waals surface area (Å²) in [6, 6.07) is 1.76. The lowest BCUT2D eigenvalue weighted by Gasteiger charge is -2.17. The van der Waals surface area contributed by atoms with Crippen LogP contribution in [0, 0.1) is 11.6 Å². The van der Waals surface area contributed by atoms with Gasteiger partial charge in [-0.15, -0.1) is 5.10 Å². The van der Waals surface area contributed by atoms with Gasteiger partial charge in [-0.2, -0.15) is 0 Å². The van der Waals surface area contributed by atoms with Crippen molar-refractivity contribution in [3.63, 3.8) is 0 Å². The number of aromatic nitrogens is 5. The monoisotopic (exact) mass is 491 g/mol. The summed E-state index contributed by atoms with van der Waals surface area (Å²) < 4.78 is 59.1. The van der Waals surface area contributed by atoms with Crippen molar-refractivity contribution in [3.8, 4) is 6.01 Å². The first-order valence-electron chi connectivity index (χ1n) is 10.8. The van der Waals surface area contributed by atoms with Crippen LogP contribution < -0.4 is 15.2 Å². The summed E-state index contributed by atoms with van der Waals surface area (Å²) in [6.07, 6.45) is 9.66. The minimum absolute atomic E-state index is 0.00233. The number of nitrogens with two attached hydrogens (primary N) is 1. The highest BCUT2D eigenvalue weighted by Crippen LogP contribution is 2.45. The van der Waals surface area contributed by atoms with Gasteiger partial charge in [-0.3, -0.25) is 4.57 Å². The second kappa shape index (κ2) is 8.24. The van der Waals surface area contributed by atoms with E-state index >= 15 is 0 Å². The minimum atomic E-state index is -4.38. The lowest BCUT2D eigenvalue weighted by atomic mass is 10.0. The number of halogens is 2. The molecule has 2 fully saturated rings. The quantitative estimate of drug-likeness (QED) is 0.515. The second-order valence-electron chi connectivity index (χ2n) is 9.00. The van der Waals surface area contributed by atoms with E-state index in [9.17, 15) is 17.2 Å². The summed E-state index contributed by atoms with van der Waals surface area (Å²) in [5.74, 6) is -1.94. The van der Waals surface area contributed by atoms with Crippen molar-refractivity contribution in [2.75, 3.05) is 5.32 Å². The van der Waals surface area contributed by atoms with Gasteiger partial charge in [0.1, 0.15) is 29.0 Å². The average molecular weight is 492 g/mol. The molecule has 180 valence electrons. The van der Waals surface area contributed by atoms with Gasteiger partial charge in [0.2, 0.25) is 16.0 Å². The molecule has 2 heterocycles. The van der Waals surface area contributed by atoms with Crippen molar-refractivity contribution >= 4 is 21.7 Å². The van der Waals surface area contributed by atoms with Crippen LogP contribution >= 0.6 is 0 Å². The molecule has 3 aromatic rings. The molecule has 0 saturated heterocycles. The fourth-order valence-electron chi connectivity index (χ4n) is 4.17. The van der Waals surface area contributed by atoms with Crippen molar-refractivity contribution in [2.45, 2.75) is 61.5 Å². The molecule has 0 radical (unpaired) electrons. The fraction of sp³-hybridized carbons (Fsp3) is 0.429. The first kappa shape index (κ1) is 22.6. The third-order valence-corrected chi connectivity index (χ3v) is 7.37. The van der Waals surface area contributed by atoms with E-state index in [0.29, 0.717) is 18.1 Å². The van der Waals surface area contributed by atoms with E-state index in [2.05, 4.69) is 32.4 Å². The smallest absolute Gasteiger partial charge is 0.317 e. The van der Waals surface area contributed by atoms with Crippen molar-refractivity contribution in [1.82, 2.24) is 24.7 Å². The molecule has 3 N–H and O–H groups in total. The third kappa shape index (κ3) is 4.44. The van der Waals surface area contributed by atoms with E-state index in [1.165, 1.54) is 0 Å². The Bertz CT molecular complexity index is 1330. The molecule has 5 rings (SSSR count). The first-order valence-corrected chi connectivity index (χ1v) is 12.3. The largest absolute Gasteiger partial charge is 0.460 e. The summed E-state index contributed by atoms with van der Waals surface area (Å²) in [5, 5.41) is 15.6. The first-order chi connectivity index (χ1) is 16.1. The van der Waals surface area contributed by atoms with Crippen LogP contribution in [0.2, 0.25) is 0 Å². The molecule has 34 heavy (non-hydrogen) atoms. The summed E-state index contributed by atoms with van der Waals surface area (Å²) >= 11 is 0. The van der Waals surface area contributed by atoms with Gasteiger partial charge >= 0.3 is 6.01 Å². The van der Waals surface area contributed by atoms with Crippen LogP contribution in [0.4, 0.5) is 20.4 Å². The fourth-order valence-corrected chi connectivity index (χ4v) is 4.77. The molecule has 13 heteroatoms. The standard InChI is InChI=1S/C21H23F2N7O3S/c1-21(4-5-21)30-11-27-29-20(30)33-14-3-2-12(6-14)13-9-25-19(26-10-13)28-17-7-16(23)18(8-15(17)22)34(24,31)32/h7-12,14H,2-6H2,1H3,(H2,24,31,32)(H,25,26,28)/t12-,14+/m0/s1. The molecule has 0 spiro atoms. The number of nitrogens with zero attached hydrogens (tertiary/aromatic N) is 5. The average Bonchev–Trinajstić information content (AvgIpc) is 3.15. The normalized spacial score (nSPS) is 21.4. The Balaban J connectivity index is 1.23. The number of hydrogen-bond acceptors (Lipinski definition) is 8. The highest BCUT2D eigenvalue weighted by atomic mass is 32.2. The van der Waals surface area contributed by atoms with Crippen LogP contribution in [0.3, 0.4) is 0 Å². The van der Waals surface area contributed by atoms with Crippen LogP contribution in [-0.4, -0.2) is 39.3 Å². The number of anilines is 2. The Hall–Kier alpha value is -3.19. The lowest BCUT2D eigenvalue weighted by molar-refractivity contribution is 0.175. The summed E-state index contributed by atoms with van der Waals surface area (Å²) in [7, 11) is -4.38. The van der Waals surface area contributed by atoms with Gasteiger partial charge in [0.15, 0.2) is 0 Å². The van der Waals surface area contributed by atoms with Crippen molar-refractivity contribution in [1.29, 1.82) is 0 Å². The molecule has 0 aliphatic heterocycles. The van der Waals surface area contributed by atoms with Gasteiger partial charge in [-0.1, -0.05) is 5.10 Å². The molecule has 0 unspecified atom stereocenters. The number of nitrogens with one attached hydrogen (secondary N) is 1. The van der Waals surface area contributed by atoms with Crippen molar-refractivity contribution in [3.05, 3.63) is 48.1 Å². The maximum Gasteiger partial charge on any atom is 0.317 e. The van der Waals surface area contributed by atoms with Gasteiger partial charge in [0.25, 0.3) is 0 Å². The highest BCUT2D eigenvalue weighted by molar-refractivity contribution is 7.89. The topological polar surface area (TPSA) is 138 Å². The third-order valence-electron chi connectivity index (χ3n) is 6.45. The van der Waals surface area contributed by atoms with Crippen LogP contribution in [0.5, 0.6) is 6.01 Å². The molecule has 2 atom stereocenters. The molecule has 2 aromatic heterocycles. The van der Waals surface area contributed by atoms with E-state index in [0.717, 1.165) is 37.7 Å². The molecule has 1 aromatic carbocycles. The van der Waals surface area contributed by atoms with Crippen LogP contribution in [-0.2, 0) is 15.6 Å². The summed E-state index contributed by atoms with van der Waals surface area (Å²) in [6.45, 7) is 2.16. The van der Waals surface area contributed by atoms with Crippen molar-refractivity contribution < 1.29 is 21.9 Å². The Morgan fingerprint density at radius 2 is 1.91 bits per heavy atom. The van der Waals surface area contributed by atoms with Gasteiger partial charge in [-0.05, 0) is 56.6 Å². The Kier molecular flexibility index (Phi) is 5.47. The van der Waals surface area contributed by atoms with Crippen LogP contribution in [0.15, 0.2) is 35.7 Å². The second-order valence-corrected chi connectivity index (χ2v) is 10.5. The zero-order valence-corrected chi connectivity index (χ0v) is 19.1. The van der Waals surface area contributed by atoms with Crippen molar-refractivity contribution in [2.24, 2.45) is 5.14 Å². The van der Waals surface area contributed by atoms with E-state index < -0.39 is 26.6 Å². The molecular formula is C21H23F2N7O3S. The van der Waals surface area contributed by atoms with Gasteiger partial charge < -0.3 is 10.1 Å². The van der Waals surface area contributed by atoms with Crippen LogP contribution in [0.1, 0.15) is 50.5 Å². The Morgan fingerprint density at radius 3 is 2.59 bits per heavy atom. The zero-order valence-electron chi connectivity index (χ0n) is 18.3. The zero-order chi connectivity index (χ0) is 24.1. The SMILES string of the molecule is CC1(n2cnnc2O[C@@H]2CC[C@H](c3cnc(Nc4cc(F)c(S(N)(=O)=O)cc4F)nc3)C2)CC1. The predicted molar refractivity (Wildman–Crippen MR) is 117 cm³/mol. The summed E-state index contributed by atoms with van der Waals surface area (Å²) in [4.78, 5) is 7.47. The number of benzene rings is 1. The Morgan fingerprint density at radius 1 is 1.18 bits per heavy atom. The van der Waals surface area contributed by atoms with Gasteiger partial charge in [0.05, 0.1) is 5.69 Å². The van der Waals surface area contributed by atoms with Gasteiger partial charge in [-0.25, -0.2) is 32.3 Å². The predicted octanol–water partition coefficient (Wildman–Crippen LogP) is 2.96. The van der Waals surface area contributed by atoms with E-state index in [1.807, 2.05) is 4.57 Å². The highest BCUT2D eigenvalue weighted by Gasteiger charge is 2.42. The number of primary sulfonamides is 1. The maximum absolute atomic E-state index is 14.2. The Labute approximate surface area is 194 Å². The number of sulfonamides is 1.